The molecular weight excluding hydrogens is 214 g/mol. The van der Waals surface area contributed by atoms with Crippen LogP contribution in [-0.4, -0.2) is 23.2 Å². The summed E-state index contributed by atoms with van der Waals surface area (Å²) in [5.74, 6) is -0.00797. The van der Waals surface area contributed by atoms with Crippen molar-refractivity contribution in [3.63, 3.8) is 0 Å². The maximum absolute atomic E-state index is 9.37. The van der Waals surface area contributed by atoms with Crippen molar-refractivity contribution in [2.24, 2.45) is 5.92 Å². The zero-order valence-corrected chi connectivity index (χ0v) is 10.6. The fraction of sp³-hybridized carbons (Fsp3) is 0.538. The van der Waals surface area contributed by atoms with Crippen molar-refractivity contribution >= 4 is 5.69 Å². The summed E-state index contributed by atoms with van der Waals surface area (Å²) in [5, 5.41) is 18.2. The molecule has 1 N–H and O–H groups in total. The van der Waals surface area contributed by atoms with Gasteiger partial charge in [0.1, 0.15) is 0 Å². The van der Waals surface area contributed by atoms with Crippen molar-refractivity contribution < 1.29 is 5.11 Å². The van der Waals surface area contributed by atoms with E-state index in [1.807, 2.05) is 26.0 Å². The van der Waals surface area contributed by atoms with E-state index in [0.717, 1.165) is 12.2 Å². The van der Waals surface area contributed by atoms with E-state index in [2.05, 4.69) is 16.0 Å². The van der Waals surface area contributed by atoms with Crippen LogP contribution in [0.25, 0.3) is 0 Å². The highest BCUT2D eigenvalue weighted by atomic mass is 16.3. The number of aliphatic hydroxyl groups excluding tert-OH is 1. The summed E-state index contributed by atoms with van der Waals surface area (Å²) >= 11 is 0. The van der Waals surface area contributed by atoms with Gasteiger partial charge in [-0.15, -0.1) is 0 Å². The number of aromatic nitrogens is 1. The van der Waals surface area contributed by atoms with Crippen LogP contribution in [-0.2, 0) is 0 Å². The summed E-state index contributed by atoms with van der Waals surface area (Å²) in [7, 11) is 0. The second-order valence-electron chi connectivity index (χ2n) is 4.19. The fourth-order valence-electron chi connectivity index (χ4n) is 1.62. The molecule has 0 radical (unpaired) electrons. The molecule has 0 saturated carbocycles. The second kappa shape index (κ2) is 6.21. The van der Waals surface area contributed by atoms with Crippen molar-refractivity contribution in [2.45, 2.75) is 26.9 Å². The Morgan fingerprint density at radius 2 is 2.18 bits per heavy atom. The molecular formula is C13H19N3O. The van der Waals surface area contributed by atoms with E-state index in [4.69, 9.17) is 5.26 Å². The van der Waals surface area contributed by atoms with Crippen LogP contribution in [0.1, 0.15) is 32.6 Å². The zero-order valence-electron chi connectivity index (χ0n) is 10.6. The molecule has 1 aromatic heterocycles. The predicted molar refractivity (Wildman–Crippen MR) is 67.5 cm³/mol. The normalized spacial score (nSPS) is 13.8. The molecule has 0 aliphatic heterocycles. The van der Waals surface area contributed by atoms with E-state index >= 15 is 0 Å². The lowest BCUT2D eigenvalue weighted by molar-refractivity contribution is 0.194. The Morgan fingerprint density at radius 3 is 2.59 bits per heavy atom. The van der Waals surface area contributed by atoms with Crippen LogP contribution in [0, 0.1) is 17.2 Å². The first-order valence-corrected chi connectivity index (χ1v) is 5.87. The standard InChI is InChI=1S/C13H19N3O/c1-4-16(9-10(2)7-14)12-5-6-13(11(3)17)15-8-12/h5-6,8,10-11,17H,4,9H2,1-3H3. The second-order valence-corrected chi connectivity index (χ2v) is 4.19. The first-order chi connectivity index (χ1) is 8.08. The van der Waals surface area contributed by atoms with E-state index in [1.165, 1.54) is 0 Å². The highest BCUT2D eigenvalue weighted by molar-refractivity contribution is 5.44. The minimum absolute atomic E-state index is 0.00797. The maximum atomic E-state index is 9.37. The van der Waals surface area contributed by atoms with Gasteiger partial charge in [-0.25, -0.2) is 0 Å². The monoisotopic (exact) mass is 233 g/mol. The third-order valence-corrected chi connectivity index (χ3v) is 2.66. The molecule has 17 heavy (non-hydrogen) atoms. The fourth-order valence-corrected chi connectivity index (χ4v) is 1.62. The summed E-state index contributed by atoms with van der Waals surface area (Å²) in [4.78, 5) is 6.31. The lowest BCUT2D eigenvalue weighted by Gasteiger charge is -2.24. The molecule has 4 nitrogen and oxygen atoms in total. The van der Waals surface area contributed by atoms with Gasteiger partial charge in [-0.3, -0.25) is 4.98 Å². The average Bonchev–Trinajstić information content (AvgIpc) is 2.35. The zero-order chi connectivity index (χ0) is 12.8. The number of anilines is 1. The average molecular weight is 233 g/mol. The van der Waals surface area contributed by atoms with Gasteiger partial charge in [-0.2, -0.15) is 5.26 Å². The van der Waals surface area contributed by atoms with Crippen LogP contribution in [0.5, 0.6) is 0 Å². The number of rotatable bonds is 5. The number of nitrogens with zero attached hydrogens (tertiary/aromatic N) is 3. The Labute approximate surface area is 103 Å². The Hall–Kier alpha value is -1.60. The number of hydrogen-bond acceptors (Lipinski definition) is 4. The van der Waals surface area contributed by atoms with Gasteiger partial charge in [-0.05, 0) is 32.9 Å². The van der Waals surface area contributed by atoms with Gasteiger partial charge in [0.25, 0.3) is 0 Å². The molecule has 1 aromatic rings. The van der Waals surface area contributed by atoms with Crippen LogP contribution < -0.4 is 4.90 Å². The topological polar surface area (TPSA) is 60.2 Å². The van der Waals surface area contributed by atoms with Crippen LogP contribution in [0.3, 0.4) is 0 Å². The summed E-state index contributed by atoms with van der Waals surface area (Å²) in [6.07, 6.45) is 1.20. The van der Waals surface area contributed by atoms with E-state index < -0.39 is 6.10 Å². The van der Waals surface area contributed by atoms with Gasteiger partial charge in [-0.1, -0.05) is 0 Å². The molecule has 2 atom stereocenters. The molecule has 1 rings (SSSR count). The van der Waals surface area contributed by atoms with Crippen LogP contribution >= 0.6 is 0 Å². The number of hydrogen-bond donors (Lipinski definition) is 1. The lowest BCUT2D eigenvalue weighted by Crippen LogP contribution is -2.27. The van der Waals surface area contributed by atoms with E-state index in [0.29, 0.717) is 12.2 Å². The highest BCUT2D eigenvalue weighted by Gasteiger charge is 2.10. The molecule has 0 bridgehead atoms. The largest absolute Gasteiger partial charge is 0.387 e. The predicted octanol–water partition coefficient (Wildman–Crippen LogP) is 2.12. The van der Waals surface area contributed by atoms with E-state index in [9.17, 15) is 5.11 Å². The Bertz CT molecular complexity index is 381. The van der Waals surface area contributed by atoms with E-state index in [-0.39, 0.29) is 5.92 Å². The SMILES string of the molecule is CCN(CC(C)C#N)c1ccc(C(C)O)nc1. The van der Waals surface area contributed by atoms with Crippen LogP contribution in [0.4, 0.5) is 5.69 Å². The molecule has 0 aliphatic rings. The van der Waals surface area contributed by atoms with Gasteiger partial charge in [0.05, 0.1) is 35.7 Å². The first-order valence-electron chi connectivity index (χ1n) is 5.87. The molecule has 92 valence electrons. The minimum Gasteiger partial charge on any atom is -0.387 e. The van der Waals surface area contributed by atoms with Crippen molar-refractivity contribution in [3.05, 3.63) is 24.0 Å². The third-order valence-electron chi connectivity index (χ3n) is 2.66. The quantitative estimate of drug-likeness (QED) is 0.846. The number of aliphatic hydroxyl groups is 1. The van der Waals surface area contributed by atoms with Gasteiger partial charge < -0.3 is 10.0 Å². The molecule has 0 amide bonds. The molecule has 4 heteroatoms. The van der Waals surface area contributed by atoms with Crippen LogP contribution in [0.15, 0.2) is 18.3 Å². The number of pyridine rings is 1. The molecule has 1 heterocycles. The van der Waals surface area contributed by atoms with Gasteiger partial charge >= 0.3 is 0 Å². The molecule has 0 aromatic carbocycles. The van der Waals surface area contributed by atoms with Crippen molar-refractivity contribution in [1.82, 2.24) is 4.98 Å². The van der Waals surface area contributed by atoms with Crippen LogP contribution in [0.2, 0.25) is 0 Å². The first kappa shape index (κ1) is 13.5. The highest BCUT2D eigenvalue weighted by Crippen LogP contribution is 2.17. The Balaban J connectivity index is 2.79. The minimum atomic E-state index is -0.544. The molecule has 2 unspecified atom stereocenters. The Kier molecular flexibility index (Phi) is 4.92. The van der Waals surface area contributed by atoms with Crippen molar-refractivity contribution in [1.29, 1.82) is 5.26 Å². The Morgan fingerprint density at radius 1 is 1.47 bits per heavy atom. The maximum Gasteiger partial charge on any atom is 0.0931 e. The van der Waals surface area contributed by atoms with Crippen molar-refractivity contribution in [3.8, 4) is 6.07 Å². The summed E-state index contributed by atoms with van der Waals surface area (Å²) in [5.41, 5.74) is 1.65. The summed E-state index contributed by atoms with van der Waals surface area (Å²) < 4.78 is 0. The molecule has 0 saturated heterocycles. The van der Waals surface area contributed by atoms with Gasteiger partial charge in [0.2, 0.25) is 0 Å². The lowest BCUT2D eigenvalue weighted by atomic mass is 10.2. The smallest absolute Gasteiger partial charge is 0.0931 e. The summed E-state index contributed by atoms with van der Waals surface area (Å²) in [6, 6.07) is 5.98. The number of nitriles is 1. The van der Waals surface area contributed by atoms with E-state index in [1.54, 1.807) is 13.1 Å². The van der Waals surface area contributed by atoms with Gasteiger partial charge in [0.15, 0.2) is 0 Å². The summed E-state index contributed by atoms with van der Waals surface area (Å²) in [6.45, 7) is 7.18. The van der Waals surface area contributed by atoms with Gasteiger partial charge in [0, 0.05) is 13.1 Å². The molecule has 0 fully saturated rings. The molecule has 0 spiro atoms. The third kappa shape index (κ3) is 3.72. The molecule has 0 aliphatic carbocycles. The van der Waals surface area contributed by atoms with Crippen molar-refractivity contribution in [2.75, 3.05) is 18.0 Å².